The highest BCUT2D eigenvalue weighted by Crippen LogP contribution is 2.30. The molecule has 0 N–H and O–H groups in total. The Balaban J connectivity index is 1.44. The summed E-state index contributed by atoms with van der Waals surface area (Å²) in [7, 11) is 1.72. The van der Waals surface area contributed by atoms with Gasteiger partial charge in [-0.3, -0.25) is 9.69 Å². The maximum absolute atomic E-state index is 12.8. The molecule has 2 saturated heterocycles. The first-order chi connectivity index (χ1) is 13.7. The summed E-state index contributed by atoms with van der Waals surface area (Å²) in [6.45, 7) is 4.76. The highest BCUT2D eigenvalue weighted by atomic mass is 16.5. The molecule has 0 bridgehead atoms. The molecule has 0 saturated carbocycles. The SMILES string of the molecule is COc1ccccc1-c1cccc(CN2CCCC(C(=O)N3CCCC3)C2)c1. The van der Waals surface area contributed by atoms with Crippen molar-refractivity contribution in [2.45, 2.75) is 32.2 Å². The van der Waals surface area contributed by atoms with Gasteiger partial charge >= 0.3 is 0 Å². The highest BCUT2D eigenvalue weighted by molar-refractivity contribution is 5.79. The van der Waals surface area contributed by atoms with Gasteiger partial charge in [0.15, 0.2) is 0 Å². The zero-order chi connectivity index (χ0) is 19.3. The fraction of sp³-hybridized carbons (Fsp3) is 0.458. The van der Waals surface area contributed by atoms with Gasteiger partial charge in [-0.05, 0) is 55.5 Å². The molecule has 0 radical (unpaired) electrons. The van der Waals surface area contributed by atoms with Gasteiger partial charge in [0.2, 0.25) is 5.91 Å². The topological polar surface area (TPSA) is 32.8 Å². The van der Waals surface area contributed by atoms with Crippen molar-refractivity contribution in [3.8, 4) is 16.9 Å². The Morgan fingerprint density at radius 2 is 1.86 bits per heavy atom. The predicted octanol–water partition coefficient (Wildman–Crippen LogP) is 4.20. The predicted molar refractivity (Wildman–Crippen MR) is 112 cm³/mol. The van der Waals surface area contributed by atoms with Gasteiger partial charge in [0.05, 0.1) is 13.0 Å². The summed E-state index contributed by atoms with van der Waals surface area (Å²) in [6, 6.07) is 16.8. The highest BCUT2D eigenvalue weighted by Gasteiger charge is 2.30. The number of carbonyl (C=O) groups is 1. The van der Waals surface area contributed by atoms with Crippen LogP contribution in [-0.4, -0.2) is 49.0 Å². The molecule has 2 aliphatic rings. The fourth-order valence-electron chi connectivity index (χ4n) is 4.57. The van der Waals surface area contributed by atoms with E-state index in [1.54, 1.807) is 7.11 Å². The molecule has 148 valence electrons. The van der Waals surface area contributed by atoms with Crippen LogP contribution in [0, 0.1) is 5.92 Å². The number of hydrogen-bond acceptors (Lipinski definition) is 3. The largest absolute Gasteiger partial charge is 0.496 e. The van der Waals surface area contributed by atoms with Gasteiger partial charge in [-0.2, -0.15) is 0 Å². The number of ether oxygens (including phenoxy) is 1. The van der Waals surface area contributed by atoms with Crippen LogP contribution in [0.15, 0.2) is 48.5 Å². The number of piperidine rings is 1. The fourth-order valence-corrected chi connectivity index (χ4v) is 4.57. The van der Waals surface area contributed by atoms with Crippen LogP contribution in [0.3, 0.4) is 0 Å². The summed E-state index contributed by atoms with van der Waals surface area (Å²) >= 11 is 0. The number of nitrogens with zero attached hydrogens (tertiary/aromatic N) is 2. The maximum atomic E-state index is 12.8. The summed E-state index contributed by atoms with van der Waals surface area (Å²) < 4.78 is 5.53. The van der Waals surface area contributed by atoms with Gasteiger partial charge in [0, 0.05) is 31.7 Å². The van der Waals surface area contributed by atoms with Crippen molar-refractivity contribution in [1.29, 1.82) is 0 Å². The van der Waals surface area contributed by atoms with Crippen molar-refractivity contribution in [1.82, 2.24) is 9.80 Å². The number of hydrogen-bond donors (Lipinski definition) is 0. The van der Waals surface area contributed by atoms with Crippen molar-refractivity contribution in [3.05, 3.63) is 54.1 Å². The molecule has 2 heterocycles. The molecule has 0 spiro atoms. The molecular formula is C24H30N2O2. The summed E-state index contributed by atoms with van der Waals surface area (Å²) in [5.74, 6) is 1.45. The van der Waals surface area contributed by atoms with Crippen LogP contribution < -0.4 is 4.74 Å². The smallest absolute Gasteiger partial charge is 0.226 e. The van der Waals surface area contributed by atoms with Gasteiger partial charge < -0.3 is 9.64 Å². The molecule has 0 aliphatic carbocycles. The molecule has 2 aliphatic heterocycles. The van der Waals surface area contributed by atoms with Crippen LogP contribution in [0.1, 0.15) is 31.2 Å². The van der Waals surface area contributed by atoms with Gasteiger partial charge in [-0.25, -0.2) is 0 Å². The first-order valence-electron chi connectivity index (χ1n) is 10.5. The van der Waals surface area contributed by atoms with Crippen molar-refractivity contribution < 1.29 is 9.53 Å². The molecule has 0 aromatic heterocycles. The molecule has 4 nitrogen and oxygen atoms in total. The van der Waals surface area contributed by atoms with Crippen molar-refractivity contribution >= 4 is 5.91 Å². The number of benzene rings is 2. The second-order valence-electron chi connectivity index (χ2n) is 8.01. The Bertz CT molecular complexity index is 814. The Labute approximate surface area is 168 Å². The van der Waals surface area contributed by atoms with Gasteiger partial charge in [-0.1, -0.05) is 36.4 Å². The summed E-state index contributed by atoms with van der Waals surface area (Å²) in [6.07, 6.45) is 4.47. The van der Waals surface area contributed by atoms with Gasteiger partial charge in [0.25, 0.3) is 0 Å². The zero-order valence-electron chi connectivity index (χ0n) is 16.8. The van der Waals surface area contributed by atoms with Crippen molar-refractivity contribution in [3.63, 3.8) is 0 Å². The van der Waals surface area contributed by atoms with E-state index in [4.69, 9.17) is 4.74 Å². The van der Waals surface area contributed by atoms with Crippen LogP contribution >= 0.6 is 0 Å². The summed E-state index contributed by atoms with van der Waals surface area (Å²) in [5, 5.41) is 0. The van der Waals surface area contributed by atoms with E-state index in [-0.39, 0.29) is 5.92 Å². The van der Waals surface area contributed by atoms with Crippen LogP contribution in [0.2, 0.25) is 0 Å². The third kappa shape index (κ3) is 4.22. The van der Waals surface area contributed by atoms with E-state index in [0.29, 0.717) is 5.91 Å². The van der Waals surface area contributed by atoms with E-state index in [1.807, 2.05) is 18.2 Å². The monoisotopic (exact) mass is 378 g/mol. The average Bonchev–Trinajstić information content (AvgIpc) is 3.28. The van der Waals surface area contributed by atoms with Crippen LogP contribution in [-0.2, 0) is 11.3 Å². The molecule has 28 heavy (non-hydrogen) atoms. The third-order valence-corrected chi connectivity index (χ3v) is 6.02. The summed E-state index contributed by atoms with van der Waals surface area (Å²) in [5.41, 5.74) is 3.59. The second kappa shape index (κ2) is 8.78. The Morgan fingerprint density at radius 1 is 1.04 bits per heavy atom. The summed E-state index contributed by atoms with van der Waals surface area (Å²) in [4.78, 5) is 17.3. The minimum absolute atomic E-state index is 0.171. The molecule has 1 unspecified atom stereocenters. The van der Waals surface area contributed by atoms with Crippen molar-refractivity contribution in [2.75, 3.05) is 33.3 Å². The average molecular weight is 379 g/mol. The first-order valence-corrected chi connectivity index (χ1v) is 10.5. The Hall–Kier alpha value is -2.33. The Kier molecular flexibility index (Phi) is 5.96. The third-order valence-electron chi connectivity index (χ3n) is 6.02. The molecule has 2 aromatic rings. The van der Waals surface area contributed by atoms with E-state index >= 15 is 0 Å². The Morgan fingerprint density at radius 3 is 2.68 bits per heavy atom. The second-order valence-corrected chi connectivity index (χ2v) is 8.01. The molecule has 4 rings (SSSR count). The standard InChI is InChI=1S/C24H30N2O2/c1-28-23-12-3-2-11-22(23)20-9-6-8-19(16-20)17-25-13-7-10-21(18-25)24(27)26-14-4-5-15-26/h2-3,6,8-9,11-12,16,21H,4-5,7,10,13-15,17-18H2,1H3. The minimum atomic E-state index is 0.171. The molecular weight excluding hydrogens is 348 g/mol. The zero-order valence-corrected chi connectivity index (χ0v) is 16.8. The lowest BCUT2D eigenvalue weighted by Gasteiger charge is -2.34. The molecule has 2 fully saturated rings. The number of methoxy groups -OCH3 is 1. The number of amides is 1. The lowest BCUT2D eigenvalue weighted by atomic mass is 9.95. The van der Waals surface area contributed by atoms with Crippen molar-refractivity contribution in [2.24, 2.45) is 5.92 Å². The molecule has 1 atom stereocenters. The van der Waals surface area contributed by atoms with Crippen LogP contribution in [0.25, 0.3) is 11.1 Å². The maximum Gasteiger partial charge on any atom is 0.226 e. The first kappa shape index (κ1) is 19.0. The van der Waals surface area contributed by atoms with E-state index < -0.39 is 0 Å². The van der Waals surface area contributed by atoms with Gasteiger partial charge in [-0.15, -0.1) is 0 Å². The number of rotatable bonds is 5. The van der Waals surface area contributed by atoms with Crippen LogP contribution in [0.4, 0.5) is 0 Å². The lowest BCUT2D eigenvalue weighted by molar-refractivity contribution is -0.136. The quantitative estimate of drug-likeness (QED) is 0.782. The lowest BCUT2D eigenvalue weighted by Crippen LogP contribution is -2.43. The molecule has 4 heteroatoms. The molecule has 1 amide bonds. The van der Waals surface area contributed by atoms with Gasteiger partial charge in [0.1, 0.15) is 5.75 Å². The van der Waals surface area contributed by atoms with E-state index in [9.17, 15) is 4.79 Å². The number of likely N-dealkylation sites (tertiary alicyclic amines) is 2. The van der Waals surface area contributed by atoms with E-state index in [2.05, 4.69) is 40.1 Å². The minimum Gasteiger partial charge on any atom is -0.496 e. The number of para-hydroxylation sites is 1. The van der Waals surface area contributed by atoms with E-state index in [1.165, 1.54) is 11.1 Å². The number of carbonyl (C=O) groups excluding carboxylic acids is 1. The molecule has 2 aromatic carbocycles. The van der Waals surface area contributed by atoms with Crippen LogP contribution in [0.5, 0.6) is 5.75 Å². The normalized spacial score (nSPS) is 20.3. The van der Waals surface area contributed by atoms with E-state index in [0.717, 1.165) is 69.7 Å².